The van der Waals surface area contributed by atoms with Gasteiger partial charge in [0.1, 0.15) is 6.04 Å². The summed E-state index contributed by atoms with van der Waals surface area (Å²) >= 11 is 0. The quantitative estimate of drug-likeness (QED) is 0.638. The molecule has 0 radical (unpaired) electrons. The lowest BCUT2D eigenvalue weighted by atomic mass is 10.0. The van der Waals surface area contributed by atoms with Crippen LogP contribution in [0, 0.1) is 11.8 Å². The minimum absolute atomic E-state index is 0.112. The molecule has 0 spiro atoms. The highest BCUT2D eigenvalue weighted by Gasteiger charge is 2.24. The van der Waals surface area contributed by atoms with Crippen LogP contribution in [-0.2, 0) is 14.3 Å². The summed E-state index contributed by atoms with van der Waals surface area (Å²) in [7, 11) is 1.33. The maximum Gasteiger partial charge on any atom is 0.328 e. The first-order valence-corrected chi connectivity index (χ1v) is 6.50. The lowest BCUT2D eigenvalue weighted by Gasteiger charge is -2.20. The van der Waals surface area contributed by atoms with Crippen molar-refractivity contribution >= 4 is 11.9 Å². The third kappa shape index (κ3) is 6.59. The van der Waals surface area contributed by atoms with Crippen LogP contribution in [0.3, 0.4) is 0 Å². The standard InChI is InChI=1S/C13H26N2O3/c1-9(2)8-11(13(17)18-4)15-12(16)10(3)6-5-7-14/h9-11H,5-8,14H2,1-4H3,(H,15,16). The maximum absolute atomic E-state index is 11.9. The normalized spacial score (nSPS) is 14.1. The first-order valence-electron chi connectivity index (χ1n) is 6.50. The van der Waals surface area contributed by atoms with Crippen LogP contribution in [0.2, 0.25) is 0 Å². The molecule has 1 amide bonds. The molecule has 0 fully saturated rings. The molecule has 106 valence electrons. The van der Waals surface area contributed by atoms with Gasteiger partial charge in [-0.3, -0.25) is 4.79 Å². The van der Waals surface area contributed by atoms with E-state index in [0.29, 0.717) is 18.9 Å². The van der Waals surface area contributed by atoms with E-state index in [9.17, 15) is 9.59 Å². The predicted octanol–water partition coefficient (Wildman–Crippen LogP) is 1.07. The molecule has 5 heteroatoms. The Labute approximate surface area is 109 Å². The molecule has 0 saturated heterocycles. The summed E-state index contributed by atoms with van der Waals surface area (Å²) in [5.41, 5.74) is 5.41. The number of esters is 1. The number of nitrogens with two attached hydrogens (primary N) is 1. The van der Waals surface area contributed by atoms with Gasteiger partial charge in [0.25, 0.3) is 0 Å². The van der Waals surface area contributed by atoms with E-state index in [0.717, 1.165) is 12.8 Å². The molecule has 0 aromatic carbocycles. The molecule has 0 aromatic rings. The second kappa shape index (κ2) is 8.91. The van der Waals surface area contributed by atoms with Gasteiger partial charge in [0.15, 0.2) is 0 Å². The number of rotatable bonds is 8. The van der Waals surface area contributed by atoms with Crippen LogP contribution in [-0.4, -0.2) is 31.6 Å². The van der Waals surface area contributed by atoms with E-state index < -0.39 is 6.04 Å². The van der Waals surface area contributed by atoms with Crippen molar-refractivity contribution in [2.75, 3.05) is 13.7 Å². The number of carbonyl (C=O) groups is 2. The van der Waals surface area contributed by atoms with Gasteiger partial charge < -0.3 is 15.8 Å². The zero-order chi connectivity index (χ0) is 14.1. The van der Waals surface area contributed by atoms with Gasteiger partial charge in [0.05, 0.1) is 7.11 Å². The van der Waals surface area contributed by atoms with Crippen LogP contribution in [0.4, 0.5) is 0 Å². The summed E-state index contributed by atoms with van der Waals surface area (Å²) in [5.74, 6) is -0.316. The molecule has 0 heterocycles. The Morgan fingerprint density at radius 1 is 1.28 bits per heavy atom. The molecule has 2 unspecified atom stereocenters. The smallest absolute Gasteiger partial charge is 0.328 e. The summed E-state index contributed by atoms with van der Waals surface area (Å²) in [6.45, 7) is 6.42. The van der Waals surface area contributed by atoms with E-state index in [1.165, 1.54) is 7.11 Å². The van der Waals surface area contributed by atoms with Crippen LogP contribution in [0.5, 0.6) is 0 Å². The highest BCUT2D eigenvalue weighted by Crippen LogP contribution is 2.09. The van der Waals surface area contributed by atoms with Crippen LogP contribution < -0.4 is 11.1 Å². The fourth-order valence-corrected chi connectivity index (χ4v) is 1.70. The van der Waals surface area contributed by atoms with Crippen molar-refractivity contribution in [1.82, 2.24) is 5.32 Å². The molecule has 0 aromatic heterocycles. The third-order valence-electron chi connectivity index (χ3n) is 2.80. The van der Waals surface area contributed by atoms with Gasteiger partial charge >= 0.3 is 5.97 Å². The van der Waals surface area contributed by atoms with E-state index in [4.69, 9.17) is 10.5 Å². The second-order valence-corrected chi connectivity index (χ2v) is 5.05. The Kier molecular flexibility index (Phi) is 8.37. The van der Waals surface area contributed by atoms with Crippen molar-refractivity contribution in [2.45, 2.75) is 46.1 Å². The molecule has 0 bridgehead atoms. The van der Waals surface area contributed by atoms with Crippen molar-refractivity contribution in [1.29, 1.82) is 0 Å². The highest BCUT2D eigenvalue weighted by molar-refractivity contribution is 5.85. The largest absolute Gasteiger partial charge is 0.467 e. The van der Waals surface area contributed by atoms with Gasteiger partial charge in [-0.2, -0.15) is 0 Å². The summed E-state index contributed by atoms with van der Waals surface area (Å²) < 4.78 is 4.70. The summed E-state index contributed by atoms with van der Waals surface area (Å²) in [6.07, 6.45) is 2.13. The molecule has 3 N–H and O–H groups in total. The lowest BCUT2D eigenvalue weighted by molar-refractivity contribution is -0.146. The number of methoxy groups -OCH3 is 1. The number of nitrogens with one attached hydrogen (secondary N) is 1. The van der Waals surface area contributed by atoms with Crippen molar-refractivity contribution in [3.8, 4) is 0 Å². The molecule has 18 heavy (non-hydrogen) atoms. The molecule has 0 rings (SSSR count). The molecule has 5 nitrogen and oxygen atoms in total. The molecule has 2 atom stereocenters. The average Bonchev–Trinajstić information content (AvgIpc) is 2.33. The fraction of sp³-hybridized carbons (Fsp3) is 0.846. The molecular formula is C13H26N2O3. The van der Waals surface area contributed by atoms with Gasteiger partial charge in [0, 0.05) is 5.92 Å². The minimum Gasteiger partial charge on any atom is -0.467 e. The van der Waals surface area contributed by atoms with Crippen molar-refractivity contribution in [3.05, 3.63) is 0 Å². The van der Waals surface area contributed by atoms with Gasteiger partial charge in [-0.1, -0.05) is 20.8 Å². The van der Waals surface area contributed by atoms with Crippen molar-refractivity contribution in [2.24, 2.45) is 17.6 Å². The zero-order valence-electron chi connectivity index (χ0n) is 11.9. The SMILES string of the molecule is COC(=O)C(CC(C)C)NC(=O)C(C)CCCN. The lowest BCUT2D eigenvalue weighted by Crippen LogP contribution is -2.44. The van der Waals surface area contributed by atoms with Crippen molar-refractivity contribution < 1.29 is 14.3 Å². The summed E-state index contributed by atoms with van der Waals surface area (Å²) in [6, 6.07) is -0.553. The van der Waals surface area contributed by atoms with Crippen LogP contribution in [0.25, 0.3) is 0 Å². The Bertz CT molecular complexity index is 267. The second-order valence-electron chi connectivity index (χ2n) is 5.05. The minimum atomic E-state index is -0.553. The topological polar surface area (TPSA) is 81.4 Å². The van der Waals surface area contributed by atoms with Gasteiger partial charge in [0.2, 0.25) is 5.91 Å². The molecular weight excluding hydrogens is 232 g/mol. The highest BCUT2D eigenvalue weighted by atomic mass is 16.5. The molecule has 0 aliphatic heterocycles. The Balaban J connectivity index is 4.38. The Morgan fingerprint density at radius 2 is 1.89 bits per heavy atom. The molecule has 0 aliphatic carbocycles. The van der Waals surface area contributed by atoms with E-state index in [2.05, 4.69) is 5.32 Å². The van der Waals surface area contributed by atoms with Crippen LogP contribution in [0.1, 0.15) is 40.0 Å². The Morgan fingerprint density at radius 3 is 2.33 bits per heavy atom. The number of carbonyl (C=O) groups excluding carboxylic acids is 2. The van der Waals surface area contributed by atoms with E-state index in [1.807, 2.05) is 20.8 Å². The van der Waals surface area contributed by atoms with E-state index >= 15 is 0 Å². The number of amides is 1. The molecule has 0 aliphatic rings. The predicted molar refractivity (Wildman–Crippen MR) is 70.9 cm³/mol. The van der Waals surface area contributed by atoms with Crippen molar-refractivity contribution in [3.63, 3.8) is 0 Å². The Hall–Kier alpha value is -1.10. The first-order chi connectivity index (χ1) is 8.42. The first kappa shape index (κ1) is 16.9. The van der Waals surface area contributed by atoms with Crippen LogP contribution in [0.15, 0.2) is 0 Å². The van der Waals surface area contributed by atoms with Gasteiger partial charge in [-0.05, 0) is 31.7 Å². The monoisotopic (exact) mass is 258 g/mol. The number of hydrogen-bond acceptors (Lipinski definition) is 4. The zero-order valence-corrected chi connectivity index (χ0v) is 11.9. The summed E-state index contributed by atoms with van der Waals surface area (Å²) in [4.78, 5) is 23.5. The third-order valence-corrected chi connectivity index (χ3v) is 2.80. The summed E-state index contributed by atoms with van der Waals surface area (Å²) in [5, 5.41) is 2.75. The van der Waals surface area contributed by atoms with Gasteiger partial charge in [-0.15, -0.1) is 0 Å². The molecule has 0 saturated carbocycles. The van der Waals surface area contributed by atoms with Crippen LogP contribution >= 0.6 is 0 Å². The van der Waals surface area contributed by atoms with E-state index in [1.54, 1.807) is 0 Å². The maximum atomic E-state index is 11.9. The van der Waals surface area contributed by atoms with Gasteiger partial charge in [-0.25, -0.2) is 4.79 Å². The number of hydrogen-bond donors (Lipinski definition) is 2. The van der Waals surface area contributed by atoms with E-state index in [-0.39, 0.29) is 17.8 Å². The average molecular weight is 258 g/mol. The fourth-order valence-electron chi connectivity index (χ4n) is 1.70. The number of ether oxygens (including phenoxy) is 1.